The van der Waals surface area contributed by atoms with Crippen molar-refractivity contribution in [1.29, 1.82) is 0 Å². The Kier molecular flexibility index (Phi) is 5.45. The molecule has 8 heteroatoms. The molecule has 3 rings (SSSR count). The zero-order chi connectivity index (χ0) is 17.6. The lowest BCUT2D eigenvalue weighted by molar-refractivity contribution is 0.174. The number of benzene rings is 2. The topological polar surface area (TPSA) is 68.8 Å². The van der Waals surface area contributed by atoms with Gasteiger partial charge in [0.15, 0.2) is 11.5 Å². The smallest absolute Gasteiger partial charge is 0.315 e. The molecule has 1 heterocycles. The van der Waals surface area contributed by atoms with Gasteiger partial charge >= 0.3 is 6.03 Å². The van der Waals surface area contributed by atoms with Gasteiger partial charge in [-0.15, -0.1) is 0 Å². The Morgan fingerprint density at radius 2 is 2.00 bits per heavy atom. The third-order valence-corrected chi connectivity index (χ3v) is 3.72. The van der Waals surface area contributed by atoms with Crippen LogP contribution in [-0.4, -0.2) is 26.0 Å². The van der Waals surface area contributed by atoms with Crippen molar-refractivity contribution in [1.82, 2.24) is 10.6 Å². The largest absolute Gasteiger partial charge is 0.490 e. The van der Waals surface area contributed by atoms with E-state index in [4.69, 9.17) is 25.8 Å². The molecule has 1 aliphatic rings. The monoisotopic (exact) mass is 366 g/mol. The van der Waals surface area contributed by atoms with Crippen LogP contribution in [0.15, 0.2) is 36.4 Å². The Morgan fingerprint density at radius 3 is 2.84 bits per heavy atom. The number of halogens is 2. The van der Waals surface area contributed by atoms with E-state index in [1.165, 1.54) is 18.2 Å². The first-order valence-corrected chi connectivity index (χ1v) is 7.98. The van der Waals surface area contributed by atoms with Crippen molar-refractivity contribution in [2.75, 3.05) is 19.9 Å². The summed E-state index contributed by atoms with van der Waals surface area (Å²) in [5.74, 6) is 1.30. The van der Waals surface area contributed by atoms with Crippen LogP contribution in [0, 0.1) is 5.82 Å². The first-order chi connectivity index (χ1) is 12.1. The first kappa shape index (κ1) is 17.2. The van der Waals surface area contributed by atoms with E-state index >= 15 is 0 Å². The van der Waals surface area contributed by atoms with Gasteiger partial charge in [0.05, 0.1) is 11.6 Å². The Morgan fingerprint density at radius 1 is 1.16 bits per heavy atom. The molecule has 2 N–H and O–H groups in total. The van der Waals surface area contributed by atoms with E-state index in [0.717, 1.165) is 5.56 Å². The SMILES string of the molecule is O=C(NCCOc1ccc(F)cc1Cl)NCc1ccc2c(c1)OCO2. The fraction of sp³-hybridized carbons (Fsp3) is 0.235. The van der Waals surface area contributed by atoms with Crippen molar-refractivity contribution in [3.05, 3.63) is 52.8 Å². The number of hydrogen-bond acceptors (Lipinski definition) is 4. The van der Waals surface area contributed by atoms with Crippen molar-refractivity contribution in [2.45, 2.75) is 6.54 Å². The van der Waals surface area contributed by atoms with Crippen molar-refractivity contribution in [2.24, 2.45) is 0 Å². The Hall–Kier alpha value is -2.67. The molecule has 0 saturated heterocycles. The summed E-state index contributed by atoms with van der Waals surface area (Å²) in [6, 6.07) is 9.02. The molecule has 2 aromatic rings. The minimum Gasteiger partial charge on any atom is -0.490 e. The lowest BCUT2D eigenvalue weighted by Crippen LogP contribution is -2.37. The van der Waals surface area contributed by atoms with Gasteiger partial charge in [-0.1, -0.05) is 17.7 Å². The molecule has 25 heavy (non-hydrogen) atoms. The number of amides is 2. The van der Waals surface area contributed by atoms with Crippen LogP contribution < -0.4 is 24.8 Å². The van der Waals surface area contributed by atoms with Gasteiger partial charge in [0.25, 0.3) is 0 Å². The van der Waals surface area contributed by atoms with Crippen LogP contribution in [0.2, 0.25) is 5.02 Å². The highest BCUT2D eigenvalue weighted by atomic mass is 35.5. The predicted octanol–water partition coefficient (Wildman–Crippen LogP) is 3.09. The highest BCUT2D eigenvalue weighted by Gasteiger charge is 2.13. The number of hydrogen-bond donors (Lipinski definition) is 2. The Labute approximate surface area is 148 Å². The zero-order valence-corrected chi connectivity index (χ0v) is 13.9. The predicted molar refractivity (Wildman–Crippen MR) is 89.7 cm³/mol. The van der Waals surface area contributed by atoms with Crippen LogP contribution in [0.1, 0.15) is 5.56 Å². The van der Waals surface area contributed by atoms with E-state index in [9.17, 15) is 9.18 Å². The molecule has 0 bridgehead atoms. The Balaban J connectivity index is 1.37. The average molecular weight is 367 g/mol. The molecule has 0 radical (unpaired) electrons. The van der Waals surface area contributed by atoms with Crippen LogP contribution in [0.3, 0.4) is 0 Å². The normalized spacial score (nSPS) is 11.9. The summed E-state index contributed by atoms with van der Waals surface area (Å²) >= 11 is 5.84. The summed E-state index contributed by atoms with van der Waals surface area (Å²) in [6.07, 6.45) is 0. The lowest BCUT2D eigenvalue weighted by Gasteiger charge is -2.10. The van der Waals surface area contributed by atoms with Gasteiger partial charge in [-0.3, -0.25) is 0 Å². The van der Waals surface area contributed by atoms with Crippen LogP contribution in [0.25, 0.3) is 0 Å². The molecule has 2 amide bonds. The summed E-state index contributed by atoms with van der Waals surface area (Å²) < 4.78 is 28.8. The van der Waals surface area contributed by atoms with Crippen molar-refractivity contribution in [3.63, 3.8) is 0 Å². The maximum absolute atomic E-state index is 12.9. The van der Waals surface area contributed by atoms with Gasteiger partial charge in [0, 0.05) is 6.54 Å². The summed E-state index contributed by atoms with van der Waals surface area (Å²) in [7, 11) is 0. The lowest BCUT2D eigenvalue weighted by atomic mass is 10.2. The van der Waals surface area contributed by atoms with E-state index in [1.807, 2.05) is 12.1 Å². The zero-order valence-electron chi connectivity index (χ0n) is 13.2. The quantitative estimate of drug-likeness (QED) is 0.771. The molecule has 0 spiro atoms. The van der Waals surface area contributed by atoms with Gasteiger partial charge in [-0.05, 0) is 35.9 Å². The number of carbonyl (C=O) groups is 1. The second-order valence-electron chi connectivity index (χ2n) is 5.22. The molecule has 132 valence electrons. The summed E-state index contributed by atoms with van der Waals surface area (Å²) in [6.45, 7) is 1.06. The minimum absolute atomic E-state index is 0.187. The van der Waals surface area contributed by atoms with Gasteiger partial charge in [-0.25, -0.2) is 9.18 Å². The molecule has 6 nitrogen and oxygen atoms in total. The van der Waals surface area contributed by atoms with Gasteiger partial charge < -0.3 is 24.8 Å². The van der Waals surface area contributed by atoms with Crippen LogP contribution in [-0.2, 0) is 6.54 Å². The van der Waals surface area contributed by atoms with Gasteiger partial charge in [0.2, 0.25) is 6.79 Å². The first-order valence-electron chi connectivity index (χ1n) is 7.60. The summed E-state index contributed by atoms with van der Waals surface area (Å²) in [5.41, 5.74) is 0.897. The van der Waals surface area contributed by atoms with Crippen molar-refractivity contribution in [3.8, 4) is 17.2 Å². The van der Waals surface area contributed by atoms with Crippen molar-refractivity contribution >= 4 is 17.6 Å². The van der Waals surface area contributed by atoms with E-state index in [0.29, 0.717) is 23.8 Å². The molecule has 0 unspecified atom stereocenters. The highest BCUT2D eigenvalue weighted by Crippen LogP contribution is 2.32. The molecule has 2 aromatic carbocycles. The average Bonchev–Trinajstić information content (AvgIpc) is 3.06. The van der Waals surface area contributed by atoms with Gasteiger partial charge in [0.1, 0.15) is 18.2 Å². The molecule has 0 fully saturated rings. The number of urea groups is 1. The summed E-state index contributed by atoms with van der Waals surface area (Å²) in [4.78, 5) is 11.8. The number of ether oxygens (including phenoxy) is 3. The number of carbonyl (C=O) groups excluding carboxylic acids is 1. The van der Waals surface area contributed by atoms with E-state index in [1.54, 1.807) is 6.07 Å². The number of fused-ring (bicyclic) bond motifs is 1. The van der Waals surface area contributed by atoms with Crippen LogP contribution >= 0.6 is 11.6 Å². The highest BCUT2D eigenvalue weighted by molar-refractivity contribution is 6.32. The maximum atomic E-state index is 12.9. The van der Waals surface area contributed by atoms with E-state index in [2.05, 4.69) is 10.6 Å². The van der Waals surface area contributed by atoms with Crippen LogP contribution in [0.4, 0.5) is 9.18 Å². The second-order valence-corrected chi connectivity index (χ2v) is 5.63. The number of nitrogens with one attached hydrogen (secondary N) is 2. The fourth-order valence-corrected chi connectivity index (χ4v) is 2.44. The molecular formula is C17H16ClFN2O4. The van der Waals surface area contributed by atoms with Crippen LogP contribution in [0.5, 0.6) is 17.2 Å². The molecular weight excluding hydrogens is 351 g/mol. The van der Waals surface area contributed by atoms with E-state index < -0.39 is 5.82 Å². The summed E-state index contributed by atoms with van der Waals surface area (Å²) in [5, 5.41) is 5.58. The maximum Gasteiger partial charge on any atom is 0.315 e. The molecule has 0 aliphatic carbocycles. The third-order valence-electron chi connectivity index (χ3n) is 3.43. The Bertz CT molecular complexity index is 772. The van der Waals surface area contributed by atoms with Gasteiger partial charge in [-0.2, -0.15) is 0 Å². The standard InChI is InChI=1S/C17H16ClFN2O4/c18-13-8-12(19)2-4-14(13)23-6-5-20-17(22)21-9-11-1-3-15-16(7-11)25-10-24-15/h1-4,7-8H,5-6,9-10H2,(H2,20,21,22). The molecule has 0 saturated carbocycles. The second kappa shape index (κ2) is 7.94. The third kappa shape index (κ3) is 4.67. The molecule has 0 aromatic heterocycles. The van der Waals surface area contributed by atoms with E-state index in [-0.39, 0.29) is 31.0 Å². The fourth-order valence-electron chi connectivity index (χ4n) is 2.21. The minimum atomic E-state index is -0.432. The molecule has 1 aliphatic heterocycles. The number of rotatable bonds is 6. The van der Waals surface area contributed by atoms with Crippen molar-refractivity contribution < 1.29 is 23.4 Å². The molecule has 0 atom stereocenters.